The molecule has 4 heteroatoms. The van der Waals surface area contributed by atoms with Gasteiger partial charge in [0, 0.05) is 31.2 Å². The standard InChI is InChI=1S/C13H22N2O2/c1-3-11-7-12(15(4-2)14-11)8-13(16)10-5-6-17-9-10/h7,10,13,16H,3-6,8-9H2,1-2H3. The lowest BCUT2D eigenvalue weighted by molar-refractivity contribution is 0.0902. The van der Waals surface area contributed by atoms with Crippen molar-refractivity contribution in [3.63, 3.8) is 0 Å². The molecular formula is C13H22N2O2. The van der Waals surface area contributed by atoms with E-state index < -0.39 is 0 Å². The Balaban J connectivity index is 2.03. The van der Waals surface area contributed by atoms with Crippen LogP contribution < -0.4 is 0 Å². The fourth-order valence-corrected chi connectivity index (χ4v) is 2.36. The van der Waals surface area contributed by atoms with Crippen LogP contribution in [0.2, 0.25) is 0 Å². The van der Waals surface area contributed by atoms with Crippen molar-refractivity contribution in [2.24, 2.45) is 5.92 Å². The lowest BCUT2D eigenvalue weighted by atomic mass is 9.97. The second-order valence-corrected chi connectivity index (χ2v) is 4.69. The smallest absolute Gasteiger partial charge is 0.0646 e. The van der Waals surface area contributed by atoms with E-state index in [-0.39, 0.29) is 6.10 Å². The van der Waals surface area contributed by atoms with Gasteiger partial charge >= 0.3 is 0 Å². The number of hydrogen-bond acceptors (Lipinski definition) is 3. The molecule has 0 aromatic carbocycles. The first kappa shape index (κ1) is 12.6. The SMILES string of the molecule is CCc1cc(CC(O)C2CCOC2)n(CC)n1. The van der Waals surface area contributed by atoms with Gasteiger partial charge in [-0.05, 0) is 25.8 Å². The lowest BCUT2D eigenvalue weighted by Gasteiger charge is -2.16. The Labute approximate surface area is 103 Å². The third-order valence-electron chi connectivity index (χ3n) is 3.50. The van der Waals surface area contributed by atoms with E-state index in [4.69, 9.17) is 4.74 Å². The molecule has 0 aliphatic carbocycles. The van der Waals surface area contributed by atoms with E-state index in [9.17, 15) is 5.11 Å². The Kier molecular flexibility index (Phi) is 4.18. The highest BCUT2D eigenvalue weighted by atomic mass is 16.5. The summed E-state index contributed by atoms with van der Waals surface area (Å²) in [6, 6.07) is 2.11. The molecule has 1 fully saturated rings. The van der Waals surface area contributed by atoms with Crippen LogP contribution in [0.5, 0.6) is 0 Å². The van der Waals surface area contributed by atoms with Crippen LogP contribution >= 0.6 is 0 Å². The maximum Gasteiger partial charge on any atom is 0.0646 e. The number of aliphatic hydroxyl groups excluding tert-OH is 1. The molecule has 4 nitrogen and oxygen atoms in total. The van der Waals surface area contributed by atoms with Crippen molar-refractivity contribution in [2.45, 2.75) is 45.8 Å². The third kappa shape index (κ3) is 2.87. The molecule has 0 amide bonds. The minimum Gasteiger partial charge on any atom is -0.392 e. The Morgan fingerprint density at radius 1 is 1.59 bits per heavy atom. The molecule has 17 heavy (non-hydrogen) atoms. The van der Waals surface area contributed by atoms with Crippen molar-refractivity contribution in [3.05, 3.63) is 17.5 Å². The lowest BCUT2D eigenvalue weighted by Crippen LogP contribution is -2.24. The molecule has 1 N–H and O–H groups in total. The molecule has 0 saturated carbocycles. The Morgan fingerprint density at radius 2 is 2.41 bits per heavy atom. The minimum absolute atomic E-state index is 0.292. The van der Waals surface area contributed by atoms with Gasteiger partial charge in [0.15, 0.2) is 0 Å². The third-order valence-corrected chi connectivity index (χ3v) is 3.50. The first-order valence-corrected chi connectivity index (χ1v) is 6.56. The van der Waals surface area contributed by atoms with Crippen LogP contribution in [0, 0.1) is 5.92 Å². The first-order chi connectivity index (χ1) is 8.24. The van der Waals surface area contributed by atoms with Crippen molar-refractivity contribution >= 4 is 0 Å². The molecule has 2 unspecified atom stereocenters. The van der Waals surface area contributed by atoms with Gasteiger partial charge in [-0.3, -0.25) is 4.68 Å². The average molecular weight is 238 g/mol. The minimum atomic E-state index is -0.302. The summed E-state index contributed by atoms with van der Waals surface area (Å²) >= 11 is 0. The predicted molar refractivity (Wildman–Crippen MR) is 65.9 cm³/mol. The quantitative estimate of drug-likeness (QED) is 0.843. The molecule has 2 rings (SSSR count). The summed E-state index contributed by atoms with van der Waals surface area (Å²) in [5.41, 5.74) is 2.25. The van der Waals surface area contributed by atoms with E-state index in [1.165, 1.54) is 0 Å². The first-order valence-electron chi connectivity index (χ1n) is 6.56. The van der Waals surface area contributed by atoms with E-state index in [0.717, 1.165) is 37.4 Å². The Hall–Kier alpha value is -0.870. The molecule has 0 spiro atoms. The molecule has 2 heterocycles. The van der Waals surface area contributed by atoms with Gasteiger partial charge in [0.1, 0.15) is 0 Å². The van der Waals surface area contributed by atoms with Gasteiger partial charge in [-0.2, -0.15) is 5.10 Å². The molecule has 0 radical (unpaired) electrons. The normalized spacial score (nSPS) is 21.9. The van der Waals surface area contributed by atoms with E-state index >= 15 is 0 Å². The van der Waals surface area contributed by atoms with Gasteiger partial charge in [0.05, 0.1) is 18.4 Å². The summed E-state index contributed by atoms with van der Waals surface area (Å²) in [5, 5.41) is 14.7. The van der Waals surface area contributed by atoms with Crippen LogP contribution in [0.15, 0.2) is 6.07 Å². The van der Waals surface area contributed by atoms with Crippen LogP contribution in [0.4, 0.5) is 0 Å². The molecule has 1 saturated heterocycles. The number of aliphatic hydroxyl groups is 1. The predicted octanol–water partition coefficient (Wildman–Crippen LogP) is 1.41. The van der Waals surface area contributed by atoms with Gasteiger partial charge in [-0.25, -0.2) is 0 Å². The molecular weight excluding hydrogens is 216 g/mol. The fraction of sp³-hybridized carbons (Fsp3) is 0.769. The highest BCUT2D eigenvalue weighted by molar-refractivity contribution is 5.11. The van der Waals surface area contributed by atoms with Crippen molar-refractivity contribution in [3.8, 4) is 0 Å². The summed E-state index contributed by atoms with van der Waals surface area (Å²) in [6.45, 7) is 6.54. The Bertz CT molecular complexity index is 356. The van der Waals surface area contributed by atoms with Crippen molar-refractivity contribution in [1.82, 2.24) is 9.78 Å². The van der Waals surface area contributed by atoms with E-state index in [2.05, 4.69) is 25.0 Å². The van der Waals surface area contributed by atoms with E-state index in [1.54, 1.807) is 0 Å². The van der Waals surface area contributed by atoms with Crippen molar-refractivity contribution in [2.75, 3.05) is 13.2 Å². The number of hydrogen-bond donors (Lipinski definition) is 1. The molecule has 2 atom stereocenters. The van der Waals surface area contributed by atoms with Crippen LogP contribution in [0.25, 0.3) is 0 Å². The average Bonchev–Trinajstić information content (AvgIpc) is 2.97. The maximum absolute atomic E-state index is 10.2. The number of aromatic nitrogens is 2. The number of aryl methyl sites for hydroxylation is 2. The zero-order valence-corrected chi connectivity index (χ0v) is 10.7. The van der Waals surface area contributed by atoms with Crippen LogP contribution in [-0.4, -0.2) is 34.2 Å². The number of nitrogens with zero attached hydrogens (tertiary/aromatic N) is 2. The van der Waals surface area contributed by atoms with Crippen LogP contribution in [0.1, 0.15) is 31.7 Å². The van der Waals surface area contributed by atoms with E-state index in [1.807, 2.05) is 4.68 Å². The molecule has 96 valence electrons. The van der Waals surface area contributed by atoms with Crippen LogP contribution in [0.3, 0.4) is 0 Å². The molecule has 1 aliphatic heterocycles. The summed E-state index contributed by atoms with van der Waals surface area (Å²) in [5.74, 6) is 0.292. The maximum atomic E-state index is 10.2. The zero-order chi connectivity index (χ0) is 12.3. The van der Waals surface area contributed by atoms with Gasteiger partial charge < -0.3 is 9.84 Å². The summed E-state index contributed by atoms with van der Waals surface area (Å²) in [7, 11) is 0. The van der Waals surface area contributed by atoms with E-state index in [0.29, 0.717) is 18.9 Å². The second-order valence-electron chi connectivity index (χ2n) is 4.69. The zero-order valence-electron chi connectivity index (χ0n) is 10.7. The summed E-state index contributed by atoms with van der Waals surface area (Å²) < 4.78 is 7.31. The van der Waals surface area contributed by atoms with Gasteiger partial charge in [0.25, 0.3) is 0 Å². The second kappa shape index (κ2) is 5.65. The topological polar surface area (TPSA) is 47.3 Å². The van der Waals surface area contributed by atoms with Crippen molar-refractivity contribution < 1.29 is 9.84 Å². The van der Waals surface area contributed by atoms with Gasteiger partial charge in [0.2, 0.25) is 0 Å². The number of ether oxygens (including phenoxy) is 1. The monoisotopic (exact) mass is 238 g/mol. The molecule has 0 bridgehead atoms. The fourth-order valence-electron chi connectivity index (χ4n) is 2.36. The Morgan fingerprint density at radius 3 is 3.00 bits per heavy atom. The molecule has 1 aromatic heterocycles. The number of rotatable bonds is 5. The molecule has 1 aliphatic rings. The molecule has 1 aromatic rings. The highest BCUT2D eigenvalue weighted by Crippen LogP contribution is 2.20. The van der Waals surface area contributed by atoms with Crippen LogP contribution in [-0.2, 0) is 24.1 Å². The highest BCUT2D eigenvalue weighted by Gasteiger charge is 2.25. The van der Waals surface area contributed by atoms with Gasteiger partial charge in [-0.15, -0.1) is 0 Å². The van der Waals surface area contributed by atoms with Gasteiger partial charge in [-0.1, -0.05) is 6.92 Å². The largest absolute Gasteiger partial charge is 0.392 e. The van der Waals surface area contributed by atoms with Crippen molar-refractivity contribution in [1.29, 1.82) is 0 Å². The summed E-state index contributed by atoms with van der Waals surface area (Å²) in [6.07, 6.45) is 2.31. The summed E-state index contributed by atoms with van der Waals surface area (Å²) in [4.78, 5) is 0.